The van der Waals surface area contributed by atoms with Crippen LogP contribution in [0.2, 0.25) is 0 Å². The Labute approximate surface area is 114 Å². The van der Waals surface area contributed by atoms with Gasteiger partial charge in [-0.2, -0.15) is 0 Å². The molecule has 1 fully saturated rings. The lowest BCUT2D eigenvalue weighted by atomic mass is 9.85. The topological polar surface area (TPSA) is 71.5 Å². The van der Waals surface area contributed by atoms with Crippen LogP contribution in [0.15, 0.2) is 10.5 Å². The molecule has 3 N–H and O–H groups in total. The first-order chi connectivity index (χ1) is 9.13. The van der Waals surface area contributed by atoms with Crippen LogP contribution in [0, 0.1) is 12.8 Å². The van der Waals surface area contributed by atoms with Gasteiger partial charge < -0.3 is 4.42 Å². The Morgan fingerprint density at radius 3 is 2.84 bits per heavy atom. The first kappa shape index (κ1) is 14.1. The van der Waals surface area contributed by atoms with Crippen LogP contribution in [-0.2, 0) is 6.54 Å². The highest BCUT2D eigenvalue weighted by atomic mass is 16.3. The quantitative estimate of drug-likeness (QED) is 0.467. The zero-order valence-electron chi connectivity index (χ0n) is 11.7. The zero-order valence-corrected chi connectivity index (χ0v) is 11.7. The molecule has 2 rings (SSSR count). The van der Waals surface area contributed by atoms with Gasteiger partial charge in [-0.1, -0.05) is 13.3 Å². The molecule has 1 amide bonds. The van der Waals surface area contributed by atoms with E-state index in [1.165, 1.54) is 19.3 Å². The monoisotopic (exact) mass is 265 g/mol. The minimum atomic E-state index is -0.297. The Bertz CT molecular complexity index is 438. The molecule has 5 nitrogen and oxygen atoms in total. The number of hydrogen-bond donors (Lipinski definition) is 2. The second kappa shape index (κ2) is 6.21. The number of nitrogens with two attached hydrogens (primary N) is 1. The summed E-state index contributed by atoms with van der Waals surface area (Å²) in [5, 5.41) is 0. The molecule has 0 aliphatic heterocycles. The molecule has 1 heterocycles. The normalized spacial score (nSPS) is 15.6. The van der Waals surface area contributed by atoms with Crippen LogP contribution in [0.1, 0.15) is 48.1 Å². The summed E-state index contributed by atoms with van der Waals surface area (Å²) in [6, 6.07) is 1.79. The first-order valence-electron chi connectivity index (χ1n) is 6.96. The van der Waals surface area contributed by atoms with E-state index in [9.17, 15) is 4.79 Å². The molecule has 0 saturated heterocycles. The Kier molecular flexibility index (Phi) is 4.61. The van der Waals surface area contributed by atoms with Crippen molar-refractivity contribution in [2.75, 3.05) is 13.1 Å². The van der Waals surface area contributed by atoms with Crippen molar-refractivity contribution < 1.29 is 9.21 Å². The number of amides is 1. The summed E-state index contributed by atoms with van der Waals surface area (Å²) < 4.78 is 5.65. The van der Waals surface area contributed by atoms with Crippen LogP contribution in [0.25, 0.3) is 0 Å². The van der Waals surface area contributed by atoms with Crippen molar-refractivity contribution >= 4 is 5.91 Å². The van der Waals surface area contributed by atoms with Crippen molar-refractivity contribution in [3.63, 3.8) is 0 Å². The molecule has 0 unspecified atom stereocenters. The van der Waals surface area contributed by atoms with Gasteiger partial charge in [0.05, 0.1) is 12.1 Å². The molecule has 1 aromatic heterocycles. The van der Waals surface area contributed by atoms with Gasteiger partial charge in [0.25, 0.3) is 5.91 Å². The minimum Gasteiger partial charge on any atom is -0.464 e. The fourth-order valence-electron chi connectivity index (χ4n) is 2.49. The third-order valence-electron chi connectivity index (χ3n) is 3.91. The average Bonchev–Trinajstić information content (AvgIpc) is 2.72. The van der Waals surface area contributed by atoms with Gasteiger partial charge in [-0.05, 0) is 38.3 Å². The van der Waals surface area contributed by atoms with E-state index < -0.39 is 0 Å². The number of nitrogens with one attached hydrogen (secondary N) is 1. The summed E-state index contributed by atoms with van der Waals surface area (Å²) >= 11 is 0. The third-order valence-corrected chi connectivity index (χ3v) is 3.91. The van der Waals surface area contributed by atoms with Gasteiger partial charge in [0, 0.05) is 6.54 Å². The molecule has 0 atom stereocenters. The van der Waals surface area contributed by atoms with Gasteiger partial charge in [-0.15, -0.1) is 0 Å². The van der Waals surface area contributed by atoms with Crippen LogP contribution < -0.4 is 11.3 Å². The van der Waals surface area contributed by atoms with Crippen LogP contribution in [0.5, 0.6) is 0 Å². The van der Waals surface area contributed by atoms with E-state index in [2.05, 4.69) is 17.2 Å². The predicted octanol–water partition coefficient (Wildman–Crippen LogP) is 1.81. The van der Waals surface area contributed by atoms with Crippen LogP contribution in [0.4, 0.5) is 0 Å². The standard InChI is InChI=1S/C14H23N3O2/c1-3-17(8-11-5-4-6-11)9-12-7-13(10(2)19-12)14(18)16-15/h7,11H,3-6,8-9,15H2,1-2H3,(H,16,18). The number of carbonyl (C=O) groups is 1. The molecule has 0 spiro atoms. The van der Waals surface area contributed by atoms with E-state index in [0.29, 0.717) is 11.3 Å². The van der Waals surface area contributed by atoms with Gasteiger partial charge in [-0.3, -0.25) is 15.1 Å². The molecular formula is C14H23N3O2. The fraction of sp³-hybridized carbons (Fsp3) is 0.643. The lowest BCUT2D eigenvalue weighted by Crippen LogP contribution is -2.32. The summed E-state index contributed by atoms with van der Waals surface area (Å²) in [4.78, 5) is 13.9. The molecular weight excluding hydrogens is 242 g/mol. The molecule has 1 saturated carbocycles. The third kappa shape index (κ3) is 3.36. The maximum absolute atomic E-state index is 11.5. The molecule has 0 aromatic carbocycles. The lowest BCUT2D eigenvalue weighted by Gasteiger charge is -2.31. The van der Waals surface area contributed by atoms with E-state index >= 15 is 0 Å². The van der Waals surface area contributed by atoms with Crippen LogP contribution >= 0.6 is 0 Å². The molecule has 5 heteroatoms. The van der Waals surface area contributed by atoms with Gasteiger partial charge >= 0.3 is 0 Å². The highest BCUT2D eigenvalue weighted by Crippen LogP contribution is 2.27. The van der Waals surface area contributed by atoms with E-state index in [-0.39, 0.29) is 5.91 Å². The summed E-state index contributed by atoms with van der Waals surface area (Å²) in [5.41, 5.74) is 2.67. The summed E-state index contributed by atoms with van der Waals surface area (Å²) in [6.45, 7) is 6.81. The second-order valence-electron chi connectivity index (χ2n) is 5.28. The van der Waals surface area contributed by atoms with E-state index in [1.807, 2.05) is 0 Å². The number of rotatable bonds is 6. The van der Waals surface area contributed by atoms with Crippen molar-refractivity contribution in [3.05, 3.63) is 23.2 Å². The average molecular weight is 265 g/mol. The number of hydrogen-bond acceptors (Lipinski definition) is 4. The molecule has 1 aliphatic rings. The number of nitrogen functional groups attached to an aromatic ring is 1. The number of furan rings is 1. The fourth-order valence-corrected chi connectivity index (χ4v) is 2.49. The van der Waals surface area contributed by atoms with E-state index in [1.54, 1.807) is 13.0 Å². The van der Waals surface area contributed by atoms with Gasteiger partial charge in [0.2, 0.25) is 0 Å². The van der Waals surface area contributed by atoms with E-state index in [0.717, 1.165) is 31.3 Å². The Morgan fingerprint density at radius 2 is 2.32 bits per heavy atom. The van der Waals surface area contributed by atoms with Gasteiger partial charge in [-0.25, -0.2) is 5.84 Å². The number of nitrogens with zero attached hydrogens (tertiary/aromatic N) is 1. The van der Waals surface area contributed by atoms with Gasteiger partial charge in [0.1, 0.15) is 11.5 Å². The Morgan fingerprint density at radius 1 is 1.58 bits per heavy atom. The first-order valence-corrected chi connectivity index (χ1v) is 6.96. The Balaban J connectivity index is 1.98. The largest absolute Gasteiger partial charge is 0.464 e. The van der Waals surface area contributed by atoms with Crippen molar-refractivity contribution in [1.82, 2.24) is 10.3 Å². The summed E-state index contributed by atoms with van der Waals surface area (Å²) in [7, 11) is 0. The highest BCUT2D eigenvalue weighted by Gasteiger charge is 2.21. The number of carbonyl (C=O) groups excluding carboxylic acids is 1. The van der Waals surface area contributed by atoms with Crippen molar-refractivity contribution in [3.8, 4) is 0 Å². The number of aryl methyl sites for hydroxylation is 1. The van der Waals surface area contributed by atoms with Crippen LogP contribution in [-0.4, -0.2) is 23.9 Å². The van der Waals surface area contributed by atoms with Crippen molar-refractivity contribution in [2.24, 2.45) is 11.8 Å². The predicted molar refractivity (Wildman–Crippen MR) is 73.4 cm³/mol. The maximum Gasteiger partial charge on any atom is 0.268 e. The summed E-state index contributed by atoms with van der Waals surface area (Å²) in [6.07, 6.45) is 4.05. The Hall–Kier alpha value is -1.33. The molecule has 19 heavy (non-hydrogen) atoms. The van der Waals surface area contributed by atoms with Crippen molar-refractivity contribution in [1.29, 1.82) is 0 Å². The second-order valence-corrected chi connectivity index (χ2v) is 5.28. The molecule has 1 aromatic rings. The minimum absolute atomic E-state index is 0.297. The van der Waals surface area contributed by atoms with Crippen LogP contribution in [0.3, 0.4) is 0 Å². The maximum atomic E-state index is 11.5. The number of hydrazine groups is 1. The van der Waals surface area contributed by atoms with Gasteiger partial charge in [0.15, 0.2) is 0 Å². The molecule has 106 valence electrons. The zero-order chi connectivity index (χ0) is 13.8. The van der Waals surface area contributed by atoms with E-state index in [4.69, 9.17) is 10.3 Å². The summed E-state index contributed by atoms with van der Waals surface area (Å²) in [5.74, 6) is 7.14. The SMILES string of the molecule is CCN(Cc1cc(C(=O)NN)c(C)o1)CC1CCC1. The smallest absolute Gasteiger partial charge is 0.268 e. The molecule has 0 bridgehead atoms. The molecule has 0 radical (unpaired) electrons. The molecule has 1 aliphatic carbocycles. The van der Waals surface area contributed by atoms with Crippen molar-refractivity contribution in [2.45, 2.75) is 39.7 Å². The highest BCUT2D eigenvalue weighted by molar-refractivity contribution is 5.94. The lowest BCUT2D eigenvalue weighted by molar-refractivity contribution is 0.0952.